The number of rotatable bonds is 6. The van der Waals surface area contributed by atoms with E-state index in [2.05, 4.69) is 4.98 Å². The monoisotopic (exact) mass is 381 g/mol. The van der Waals surface area contributed by atoms with Crippen LogP contribution in [0.4, 0.5) is 0 Å². The van der Waals surface area contributed by atoms with Gasteiger partial charge in [-0.3, -0.25) is 9.69 Å². The van der Waals surface area contributed by atoms with Crippen LogP contribution in [0.15, 0.2) is 18.2 Å². The largest absolute Gasteiger partial charge is 0.505 e. The molecule has 1 aromatic carbocycles. The molecule has 0 aliphatic rings. The molecular weight excluding hydrogens is 362 g/mol. The molecule has 1 heterocycles. The maximum atomic E-state index is 12.1. The van der Waals surface area contributed by atoms with Crippen molar-refractivity contribution in [1.82, 2.24) is 9.88 Å². The van der Waals surface area contributed by atoms with Gasteiger partial charge in [-0.25, -0.2) is 9.78 Å². The van der Waals surface area contributed by atoms with Gasteiger partial charge in [0.2, 0.25) is 5.00 Å². The zero-order valence-corrected chi connectivity index (χ0v) is 15.5. The van der Waals surface area contributed by atoms with Crippen LogP contribution in [-0.2, 0) is 9.79 Å². The molecule has 8 nitrogen and oxygen atoms in total. The van der Waals surface area contributed by atoms with Crippen molar-refractivity contribution in [1.29, 1.82) is 0 Å². The second-order valence-corrected chi connectivity index (χ2v) is 6.76. The number of carbonyl (C=O) groups excluding carboxylic acids is 1. The van der Waals surface area contributed by atoms with E-state index in [0.29, 0.717) is 5.75 Å². The van der Waals surface area contributed by atoms with Crippen molar-refractivity contribution >= 4 is 34.2 Å². The van der Waals surface area contributed by atoms with Crippen LogP contribution < -0.4 is 10.5 Å². The SMILES string of the molecule is CC(C)Oc1ccc2c(C(Cl)(C(N)=O)N(C)C)nc(C(=O)O)c(O)c2c1. The van der Waals surface area contributed by atoms with Crippen molar-refractivity contribution < 1.29 is 24.5 Å². The predicted molar refractivity (Wildman–Crippen MR) is 96.5 cm³/mol. The van der Waals surface area contributed by atoms with Crippen molar-refractivity contribution in [3.05, 3.63) is 29.6 Å². The number of alkyl halides is 1. The van der Waals surface area contributed by atoms with Crippen LogP contribution in [0.1, 0.15) is 30.0 Å². The lowest BCUT2D eigenvalue weighted by molar-refractivity contribution is -0.124. The Kier molecular flexibility index (Phi) is 5.29. The van der Waals surface area contributed by atoms with Gasteiger partial charge in [-0.2, -0.15) is 0 Å². The Hall–Kier alpha value is -2.58. The number of halogens is 1. The Morgan fingerprint density at radius 3 is 2.38 bits per heavy atom. The standard InChI is InChI=1S/C17H20ClN3O5/c1-8(2)26-9-5-6-10-11(7-9)13(22)12(15(23)24)20-14(10)17(18,16(19)25)21(3)4/h5-8,22H,1-4H3,(H2,19,25)(H,23,24). The highest BCUT2D eigenvalue weighted by Gasteiger charge is 2.43. The summed E-state index contributed by atoms with van der Waals surface area (Å²) in [5.41, 5.74) is 4.75. The predicted octanol–water partition coefficient (Wildman–Crippen LogP) is 1.86. The van der Waals surface area contributed by atoms with Gasteiger partial charge in [0, 0.05) is 10.8 Å². The van der Waals surface area contributed by atoms with Crippen LogP contribution in [0, 0.1) is 0 Å². The lowest BCUT2D eigenvalue weighted by Gasteiger charge is -2.31. The molecule has 1 amide bonds. The third-order valence-electron chi connectivity index (χ3n) is 3.78. The molecule has 9 heteroatoms. The molecule has 2 rings (SSSR count). The van der Waals surface area contributed by atoms with E-state index in [1.807, 2.05) is 13.8 Å². The first kappa shape index (κ1) is 19.7. The number of nitrogens with two attached hydrogens (primary N) is 1. The topological polar surface area (TPSA) is 126 Å². The van der Waals surface area contributed by atoms with Crippen molar-refractivity contribution in [2.45, 2.75) is 24.9 Å². The third kappa shape index (κ3) is 3.25. The molecule has 0 aliphatic heterocycles. The van der Waals surface area contributed by atoms with Gasteiger partial charge < -0.3 is 20.7 Å². The fraction of sp³-hybridized carbons (Fsp3) is 0.353. The minimum Gasteiger partial charge on any atom is -0.505 e. The zero-order valence-electron chi connectivity index (χ0n) is 14.8. The van der Waals surface area contributed by atoms with E-state index in [-0.39, 0.29) is 22.6 Å². The number of benzene rings is 1. The molecule has 1 unspecified atom stereocenters. The summed E-state index contributed by atoms with van der Waals surface area (Å²) in [6.45, 7) is 3.65. The van der Waals surface area contributed by atoms with Gasteiger partial charge in [0.05, 0.1) is 11.8 Å². The summed E-state index contributed by atoms with van der Waals surface area (Å²) < 4.78 is 5.58. The third-order valence-corrected chi connectivity index (χ3v) is 4.48. The highest BCUT2D eigenvalue weighted by molar-refractivity contribution is 6.35. The van der Waals surface area contributed by atoms with Gasteiger partial charge in [-0.15, -0.1) is 0 Å². The summed E-state index contributed by atoms with van der Waals surface area (Å²) in [7, 11) is 3.02. The minimum atomic E-state index is -1.91. The molecule has 0 saturated heterocycles. The number of pyridine rings is 1. The highest BCUT2D eigenvalue weighted by Crippen LogP contribution is 2.40. The Labute approximate surface area is 155 Å². The summed E-state index contributed by atoms with van der Waals surface area (Å²) in [6.07, 6.45) is -0.130. The maximum Gasteiger partial charge on any atom is 0.358 e. The Balaban J connectivity index is 2.92. The summed E-state index contributed by atoms with van der Waals surface area (Å²) in [6, 6.07) is 4.63. The number of hydrogen-bond donors (Lipinski definition) is 3. The van der Waals surface area contributed by atoms with Crippen molar-refractivity contribution in [3.8, 4) is 11.5 Å². The molecular formula is C17H20ClN3O5. The van der Waals surface area contributed by atoms with E-state index in [1.54, 1.807) is 12.1 Å². The van der Waals surface area contributed by atoms with Crippen LogP contribution in [0.3, 0.4) is 0 Å². The van der Waals surface area contributed by atoms with Gasteiger partial charge in [0.25, 0.3) is 5.91 Å². The van der Waals surface area contributed by atoms with Crippen LogP contribution in [0.2, 0.25) is 0 Å². The summed E-state index contributed by atoms with van der Waals surface area (Å²) >= 11 is 6.45. The van der Waals surface area contributed by atoms with Crippen LogP contribution in [0.25, 0.3) is 10.8 Å². The molecule has 1 aromatic heterocycles. The smallest absolute Gasteiger partial charge is 0.358 e. The fourth-order valence-electron chi connectivity index (χ4n) is 2.57. The second-order valence-electron chi connectivity index (χ2n) is 6.22. The lowest BCUT2D eigenvalue weighted by Crippen LogP contribution is -2.48. The molecule has 1 atom stereocenters. The van der Waals surface area contributed by atoms with Crippen LogP contribution >= 0.6 is 11.6 Å². The summed E-state index contributed by atoms with van der Waals surface area (Å²) in [5.74, 6) is -2.53. The summed E-state index contributed by atoms with van der Waals surface area (Å²) in [5, 5.41) is 20.2. The van der Waals surface area contributed by atoms with Gasteiger partial charge in [0.1, 0.15) is 5.75 Å². The number of primary amides is 1. The number of ether oxygens (including phenoxy) is 1. The number of aromatic hydroxyl groups is 1. The molecule has 0 aliphatic carbocycles. The number of hydrogen-bond acceptors (Lipinski definition) is 6. The number of nitrogens with zero attached hydrogens (tertiary/aromatic N) is 2. The number of carbonyl (C=O) groups is 2. The normalized spacial score (nSPS) is 13.8. The Morgan fingerprint density at radius 1 is 1.31 bits per heavy atom. The van der Waals surface area contributed by atoms with Crippen LogP contribution in [0.5, 0.6) is 11.5 Å². The number of aromatic carboxylic acids is 1. The van der Waals surface area contributed by atoms with Gasteiger partial charge >= 0.3 is 5.97 Å². The van der Waals surface area contributed by atoms with Gasteiger partial charge in [-0.05, 0) is 46.1 Å². The van der Waals surface area contributed by atoms with E-state index in [1.165, 1.54) is 25.1 Å². The molecule has 0 radical (unpaired) electrons. The van der Waals surface area contributed by atoms with E-state index < -0.39 is 28.3 Å². The Morgan fingerprint density at radius 2 is 1.92 bits per heavy atom. The van der Waals surface area contributed by atoms with E-state index >= 15 is 0 Å². The first-order valence-electron chi connectivity index (χ1n) is 7.73. The summed E-state index contributed by atoms with van der Waals surface area (Å²) in [4.78, 5) is 26.9. The second kappa shape index (κ2) is 6.97. The molecule has 140 valence electrons. The number of aromatic nitrogens is 1. The average Bonchev–Trinajstić information content (AvgIpc) is 2.53. The molecule has 0 saturated carbocycles. The molecule has 4 N–H and O–H groups in total. The maximum absolute atomic E-state index is 12.1. The molecule has 26 heavy (non-hydrogen) atoms. The lowest BCUT2D eigenvalue weighted by atomic mass is 10.0. The van der Waals surface area contributed by atoms with Crippen molar-refractivity contribution in [2.24, 2.45) is 5.73 Å². The molecule has 2 aromatic rings. The highest BCUT2D eigenvalue weighted by atomic mass is 35.5. The number of fused-ring (bicyclic) bond motifs is 1. The number of amides is 1. The average molecular weight is 382 g/mol. The number of carboxylic acid groups (broad SMARTS) is 1. The van der Waals surface area contributed by atoms with E-state index in [4.69, 9.17) is 22.1 Å². The van der Waals surface area contributed by atoms with Crippen LogP contribution in [-0.4, -0.2) is 52.2 Å². The minimum absolute atomic E-state index is 0.0852. The molecule has 0 bridgehead atoms. The molecule has 0 spiro atoms. The van der Waals surface area contributed by atoms with Gasteiger partial charge in [-0.1, -0.05) is 11.6 Å². The first-order valence-corrected chi connectivity index (χ1v) is 8.11. The van der Waals surface area contributed by atoms with Crippen molar-refractivity contribution in [2.75, 3.05) is 14.1 Å². The van der Waals surface area contributed by atoms with E-state index in [9.17, 15) is 19.8 Å². The Bertz CT molecular complexity index is 884. The molecule has 0 fully saturated rings. The first-order chi connectivity index (χ1) is 12.0. The zero-order chi connectivity index (χ0) is 19.8. The number of likely N-dealkylation sites (N-methyl/N-ethyl adjacent to an activating group) is 1. The fourth-order valence-corrected chi connectivity index (χ4v) is 2.72. The van der Waals surface area contributed by atoms with Gasteiger partial charge in [0.15, 0.2) is 11.4 Å². The van der Waals surface area contributed by atoms with Crippen molar-refractivity contribution in [3.63, 3.8) is 0 Å². The van der Waals surface area contributed by atoms with E-state index in [0.717, 1.165) is 0 Å². The quantitative estimate of drug-likeness (QED) is 0.515. The number of carboxylic acids is 1.